The molecule has 0 fully saturated rings. The van der Waals surface area contributed by atoms with E-state index in [9.17, 15) is 0 Å². The van der Waals surface area contributed by atoms with E-state index in [1.807, 2.05) is 94.6 Å². The molecule has 3 aromatic carbocycles. The van der Waals surface area contributed by atoms with Gasteiger partial charge in [0.2, 0.25) is 11.9 Å². The highest BCUT2D eigenvalue weighted by Crippen LogP contribution is 2.25. The molecule has 238 valence electrons. The van der Waals surface area contributed by atoms with Crippen LogP contribution in [0.2, 0.25) is 0 Å². The van der Waals surface area contributed by atoms with Gasteiger partial charge < -0.3 is 9.80 Å². The molecule has 0 amide bonds. The SMILES string of the molecule is C#C.C/C=C\C=C(/C)N(/C(=N/CN(c1ccccc1)c1ccccc1)NC(=NC)N(C)C1=CCC=CC=C1)c1ccccc1.CC. The summed E-state index contributed by atoms with van der Waals surface area (Å²) in [5.41, 5.74) is 5.16. The predicted molar refractivity (Wildman–Crippen MR) is 201 cm³/mol. The van der Waals surface area contributed by atoms with Gasteiger partial charge in [0.05, 0.1) is 0 Å². The van der Waals surface area contributed by atoms with E-state index in [4.69, 9.17) is 4.99 Å². The molecule has 46 heavy (non-hydrogen) atoms. The van der Waals surface area contributed by atoms with Gasteiger partial charge in [-0.3, -0.25) is 15.2 Å². The van der Waals surface area contributed by atoms with Crippen molar-refractivity contribution in [3.8, 4) is 12.8 Å². The molecule has 0 spiro atoms. The molecule has 1 aliphatic carbocycles. The number of nitrogens with one attached hydrogen (secondary N) is 1. The zero-order valence-electron chi connectivity index (χ0n) is 28.1. The minimum Gasteiger partial charge on any atom is -0.321 e. The zero-order valence-corrected chi connectivity index (χ0v) is 28.1. The summed E-state index contributed by atoms with van der Waals surface area (Å²) in [6.07, 6.45) is 25.5. The molecule has 4 rings (SSSR count). The van der Waals surface area contributed by atoms with Crippen LogP contribution in [0.1, 0.15) is 34.1 Å². The largest absolute Gasteiger partial charge is 0.321 e. The maximum atomic E-state index is 5.25. The third-order valence-electron chi connectivity index (χ3n) is 6.72. The normalized spacial score (nSPS) is 13.0. The van der Waals surface area contributed by atoms with E-state index in [1.165, 1.54) is 0 Å². The van der Waals surface area contributed by atoms with Crippen LogP contribution < -0.4 is 15.1 Å². The van der Waals surface area contributed by atoms with Crippen LogP contribution in [-0.4, -0.2) is 37.6 Å². The molecule has 0 aromatic heterocycles. The molecule has 0 unspecified atom stereocenters. The molecule has 1 N–H and O–H groups in total. The average Bonchev–Trinajstić information content (AvgIpc) is 3.42. The summed E-state index contributed by atoms with van der Waals surface area (Å²) in [6.45, 7) is 8.48. The Morgan fingerprint density at radius 2 is 1.37 bits per heavy atom. The molecule has 0 heterocycles. The maximum absolute atomic E-state index is 5.25. The lowest BCUT2D eigenvalue weighted by atomic mass is 10.2. The van der Waals surface area contributed by atoms with Crippen molar-refractivity contribution < 1.29 is 0 Å². The van der Waals surface area contributed by atoms with Gasteiger partial charge in [0.1, 0.15) is 6.67 Å². The van der Waals surface area contributed by atoms with Crippen molar-refractivity contribution in [3.05, 3.63) is 151 Å². The van der Waals surface area contributed by atoms with Crippen LogP contribution in [0, 0.1) is 12.8 Å². The van der Waals surface area contributed by atoms with Crippen molar-refractivity contribution in [1.82, 2.24) is 10.2 Å². The first-order chi connectivity index (χ1) is 22.6. The third-order valence-corrected chi connectivity index (χ3v) is 6.72. The Morgan fingerprint density at radius 3 is 1.89 bits per heavy atom. The standard InChI is InChI=1S/C36H40N6.C2H6.C2H2/c1-5-6-20-30(2)42(34-27-18-11-19-28-34)36(39-35(37-3)40(4)31-21-12-7-8-13-22-31)38-29-41(32-23-14-9-15-24-32)33-25-16-10-17-26-33;2*1-2/h5-12,14-28H,13,29H2,1-4H3,(H,37,38,39);1-2H3;1-2H/b6-5-,30-20+;;. The Balaban J connectivity index is 0.00000177. The minimum atomic E-state index is 0.379. The number of rotatable bonds is 8. The second kappa shape index (κ2) is 21.2. The summed E-state index contributed by atoms with van der Waals surface area (Å²) in [4.78, 5) is 16.3. The smallest absolute Gasteiger partial charge is 0.211 e. The van der Waals surface area contributed by atoms with E-state index >= 15 is 0 Å². The quantitative estimate of drug-likeness (QED) is 0.119. The molecule has 0 radical (unpaired) electrons. The van der Waals surface area contributed by atoms with Crippen LogP contribution >= 0.6 is 0 Å². The van der Waals surface area contributed by atoms with Crippen molar-refractivity contribution in [3.63, 3.8) is 0 Å². The van der Waals surface area contributed by atoms with E-state index < -0.39 is 0 Å². The van der Waals surface area contributed by atoms with Crippen molar-refractivity contribution in [2.24, 2.45) is 9.98 Å². The van der Waals surface area contributed by atoms with Crippen LogP contribution in [0.25, 0.3) is 0 Å². The van der Waals surface area contributed by atoms with E-state index in [-0.39, 0.29) is 0 Å². The summed E-state index contributed by atoms with van der Waals surface area (Å²) in [7, 11) is 3.81. The molecule has 1 aliphatic rings. The van der Waals surface area contributed by atoms with E-state index in [1.54, 1.807) is 7.05 Å². The fraction of sp³-hybridized carbons (Fsp3) is 0.200. The number of guanidine groups is 2. The highest BCUT2D eigenvalue weighted by atomic mass is 15.4. The molecule has 6 nitrogen and oxygen atoms in total. The molecular weight excluding hydrogens is 564 g/mol. The predicted octanol–water partition coefficient (Wildman–Crippen LogP) is 9.31. The van der Waals surface area contributed by atoms with Gasteiger partial charge in [-0.15, -0.1) is 12.8 Å². The van der Waals surface area contributed by atoms with Gasteiger partial charge in [0.15, 0.2) is 0 Å². The van der Waals surface area contributed by atoms with Crippen molar-refractivity contribution in [2.45, 2.75) is 34.1 Å². The lowest BCUT2D eigenvalue weighted by Crippen LogP contribution is -2.49. The Kier molecular flexibility index (Phi) is 16.9. The third kappa shape index (κ3) is 10.9. The Bertz CT molecular complexity index is 1490. The van der Waals surface area contributed by atoms with Gasteiger partial charge in [-0.1, -0.05) is 105 Å². The number of hydrogen-bond acceptors (Lipinski definition) is 3. The van der Waals surface area contributed by atoms with Gasteiger partial charge in [0.25, 0.3) is 0 Å². The second-order valence-electron chi connectivity index (χ2n) is 9.61. The number of hydrogen-bond donors (Lipinski definition) is 1. The zero-order chi connectivity index (χ0) is 33.6. The first kappa shape index (κ1) is 36.7. The molecule has 0 saturated carbocycles. The molecule has 0 atom stereocenters. The van der Waals surface area contributed by atoms with Gasteiger partial charge in [0, 0.05) is 42.6 Å². The monoisotopic (exact) mass is 612 g/mol. The summed E-state index contributed by atoms with van der Waals surface area (Å²) in [5.74, 6) is 1.33. The van der Waals surface area contributed by atoms with Crippen LogP contribution in [0.5, 0.6) is 0 Å². The number of allylic oxidation sites excluding steroid dienone is 9. The maximum Gasteiger partial charge on any atom is 0.211 e. The average molecular weight is 613 g/mol. The Morgan fingerprint density at radius 1 is 0.826 bits per heavy atom. The molecular formula is C40H48N6. The first-order valence-corrected chi connectivity index (χ1v) is 15.5. The molecule has 0 aliphatic heterocycles. The fourth-order valence-corrected chi connectivity index (χ4v) is 4.54. The second-order valence-corrected chi connectivity index (χ2v) is 9.61. The number of para-hydroxylation sites is 3. The van der Waals surface area contributed by atoms with E-state index in [2.05, 4.69) is 118 Å². The highest BCUT2D eigenvalue weighted by molar-refractivity contribution is 6.08. The van der Waals surface area contributed by atoms with Crippen LogP contribution in [0.15, 0.2) is 161 Å². The molecule has 3 aromatic rings. The summed E-state index contributed by atoms with van der Waals surface area (Å²) >= 11 is 0. The highest BCUT2D eigenvalue weighted by Gasteiger charge is 2.21. The van der Waals surface area contributed by atoms with Crippen molar-refractivity contribution >= 4 is 29.0 Å². The molecule has 6 heteroatoms. The van der Waals surface area contributed by atoms with Crippen LogP contribution in [0.3, 0.4) is 0 Å². The molecule has 0 bridgehead atoms. The summed E-state index contributed by atoms with van der Waals surface area (Å²) in [5, 5.41) is 3.60. The van der Waals surface area contributed by atoms with Crippen molar-refractivity contribution in [2.75, 3.05) is 30.6 Å². The number of likely N-dealkylation sites (N-methyl/N-ethyl adjacent to an activating group) is 1. The first-order valence-electron chi connectivity index (χ1n) is 15.5. The summed E-state index contributed by atoms with van der Waals surface area (Å²) in [6, 6.07) is 31.0. The van der Waals surface area contributed by atoms with E-state index in [0.29, 0.717) is 18.6 Å². The minimum absolute atomic E-state index is 0.379. The van der Waals surface area contributed by atoms with Gasteiger partial charge >= 0.3 is 0 Å². The number of aliphatic imine (C=N–C) groups is 2. The lowest BCUT2D eigenvalue weighted by Gasteiger charge is -2.31. The summed E-state index contributed by atoms with van der Waals surface area (Å²) < 4.78 is 0. The van der Waals surface area contributed by atoms with Gasteiger partial charge in [-0.05, 0) is 68.8 Å². The number of nitrogens with zero attached hydrogens (tertiary/aromatic N) is 5. The lowest BCUT2D eigenvalue weighted by molar-refractivity contribution is 0.623. The van der Waals surface area contributed by atoms with Crippen LogP contribution in [-0.2, 0) is 0 Å². The topological polar surface area (TPSA) is 46.5 Å². The molecule has 0 saturated heterocycles. The number of terminal acetylenes is 1. The Labute approximate surface area is 277 Å². The van der Waals surface area contributed by atoms with Crippen molar-refractivity contribution in [1.29, 1.82) is 0 Å². The van der Waals surface area contributed by atoms with Gasteiger partial charge in [-0.2, -0.15) is 0 Å². The van der Waals surface area contributed by atoms with Crippen LogP contribution in [0.4, 0.5) is 17.1 Å². The van der Waals surface area contributed by atoms with Gasteiger partial charge in [-0.25, -0.2) is 4.99 Å². The van der Waals surface area contributed by atoms with E-state index in [0.717, 1.165) is 34.9 Å². The fourth-order valence-electron chi connectivity index (χ4n) is 4.54. The number of benzene rings is 3. The number of anilines is 3. The Hall–Kier alpha value is -5.54.